The summed E-state index contributed by atoms with van der Waals surface area (Å²) in [7, 11) is 0. The molecule has 202 valence electrons. The summed E-state index contributed by atoms with van der Waals surface area (Å²) in [5, 5.41) is 0. The van der Waals surface area contributed by atoms with Gasteiger partial charge in [-0.05, 0) is 68.4 Å². The second kappa shape index (κ2) is 9.94. The van der Waals surface area contributed by atoms with E-state index in [0.717, 1.165) is 24.8 Å². The van der Waals surface area contributed by atoms with E-state index in [1.807, 2.05) is 30.3 Å². The van der Waals surface area contributed by atoms with Crippen molar-refractivity contribution in [1.29, 1.82) is 0 Å². The van der Waals surface area contributed by atoms with E-state index >= 15 is 0 Å². The molecule has 1 aliphatic carbocycles. The highest BCUT2D eigenvalue weighted by molar-refractivity contribution is 5.88. The molecule has 1 heterocycles. The SMILES string of the molecule is C[C@@H](OC[C@]1(c2ccccc2)C[C@](N)(C(=O)N2CCCCC2)C1)c1cc(C(F)(F)F)cc(C(F)(F)F)c1. The van der Waals surface area contributed by atoms with Crippen molar-refractivity contribution in [2.75, 3.05) is 19.7 Å². The van der Waals surface area contributed by atoms with Crippen molar-refractivity contribution >= 4 is 5.91 Å². The second-order valence-corrected chi connectivity index (χ2v) is 10.3. The van der Waals surface area contributed by atoms with Crippen LogP contribution >= 0.6 is 0 Å². The summed E-state index contributed by atoms with van der Waals surface area (Å²) in [6.45, 7) is 2.71. The van der Waals surface area contributed by atoms with Gasteiger partial charge in [-0.2, -0.15) is 26.3 Å². The summed E-state index contributed by atoms with van der Waals surface area (Å²) >= 11 is 0. The van der Waals surface area contributed by atoms with E-state index in [1.165, 1.54) is 6.92 Å². The Bertz CT molecular complexity index is 1070. The predicted molar refractivity (Wildman–Crippen MR) is 126 cm³/mol. The van der Waals surface area contributed by atoms with Gasteiger partial charge in [0.2, 0.25) is 5.91 Å². The quantitative estimate of drug-likeness (QED) is 0.452. The number of amides is 1. The highest BCUT2D eigenvalue weighted by Gasteiger charge is 2.58. The third-order valence-electron chi connectivity index (χ3n) is 7.45. The first-order valence-corrected chi connectivity index (χ1v) is 12.3. The van der Waals surface area contributed by atoms with E-state index in [0.29, 0.717) is 25.2 Å². The van der Waals surface area contributed by atoms with Crippen LogP contribution in [0.15, 0.2) is 48.5 Å². The molecule has 0 bridgehead atoms. The van der Waals surface area contributed by atoms with Crippen molar-refractivity contribution in [2.45, 2.75) is 68.4 Å². The number of piperidine rings is 1. The summed E-state index contributed by atoms with van der Waals surface area (Å²) in [6.07, 6.45) is -7.51. The first-order chi connectivity index (χ1) is 17.2. The maximum atomic E-state index is 13.3. The maximum Gasteiger partial charge on any atom is 0.416 e. The van der Waals surface area contributed by atoms with Crippen molar-refractivity contribution in [3.63, 3.8) is 0 Å². The Morgan fingerprint density at radius 1 is 0.946 bits per heavy atom. The molecule has 2 N–H and O–H groups in total. The van der Waals surface area contributed by atoms with Crippen LogP contribution in [0.25, 0.3) is 0 Å². The molecule has 1 atom stereocenters. The van der Waals surface area contributed by atoms with E-state index in [-0.39, 0.29) is 37.0 Å². The third kappa shape index (κ3) is 5.80. The van der Waals surface area contributed by atoms with E-state index in [1.54, 1.807) is 4.90 Å². The number of hydrogen-bond donors (Lipinski definition) is 1. The zero-order chi connectivity index (χ0) is 27.1. The molecule has 0 spiro atoms. The van der Waals surface area contributed by atoms with E-state index < -0.39 is 40.5 Å². The van der Waals surface area contributed by atoms with E-state index in [2.05, 4.69) is 0 Å². The fourth-order valence-corrected chi connectivity index (χ4v) is 5.49. The van der Waals surface area contributed by atoms with Gasteiger partial charge in [0.15, 0.2) is 0 Å². The third-order valence-corrected chi connectivity index (χ3v) is 7.45. The van der Waals surface area contributed by atoms with Crippen molar-refractivity contribution in [2.24, 2.45) is 5.73 Å². The number of alkyl halides is 6. The minimum absolute atomic E-state index is 0.0119. The molecule has 1 aliphatic heterocycles. The topological polar surface area (TPSA) is 55.6 Å². The van der Waals surface area contributed by atoms with E-state index in [9.17, 15) is 31.1 Å². The molecule has 2 aliphatic rings. The number of carbonyl (C=O) groups is 1. The Balaban J connectivity index is 1.56. The zero-order valence-corrected chi connectivity index (χ0v) is 20.5. The van der Waals surface area contributed by atoms with Crippen molar-refractivity contribution < 1.29 is 35.9 Å². The average Bonchev–Trinajstić information content (AvgIpc) is 2.85. The first kappa shape index (κ1) is 27.4. The van der Waals surface area contributed by atoms with Gasteiger partial charge in [-0.1, -0.05) is 30.3 Å². The Morgan fingerprint density at radius 3 is 2.00 bits per heavy atom. The number of nitrogens with two attached hydrogens (primary N) is 1. The normalized spacial score (nSPS) is 25.5. The van der Waals surface area contributed by atoms with E-state index in [4.69, 9.17) is 10.5 Å². The minimum Gasteiger partial charge on any atom is -0.373 e. The smallest absolute Gasteiger partial charge is 0.373 e. The largest absolute Gasteiger partial charge is 0.416 e. The number of halogens is 6. The van der Waals surface area contributed by atoms with Gasteiger partial charge in [0.25, 0.3) is 0 Å². The molecule has 10 heteroatoms. The van der Waals surface area contributed by atoms with Gasteiger partial charge in [-0.15, -0.1) is 0 Å². The lowest BCUT2D eigenvalue weighted by Gasteiger charge is -2.55. The Morgan fingerprint density at radius 2 is 1.49 bits per heavy atom. The van der Waals surface area contributed by atoms with Crippen LogP contribution in [0.1, 0.15) is 67.4 Å². The number of rotatable bonds is 6. The van der Waals surface area contributed by atoms with Gasteiger partial charge in [0.05, 0.1) is 29.4 Å². The molecule has 0 unspecified atom stereocenters. The molecule has 0 radical (unpaired) electrons. The molecular weight excluding hydrogens is 498 g/mol. The minimum atomic E-state index is -4.94. The highest BCUT2D eigenvalue weighted by Crippen LogP contribution is 2.51. The van der Waals surface area contributed by atoms with Crippen LogP contribution in [0.5, 0.6) is 0 Å². The van der Waals surface area contributed by atoms with Gasteiger partial charge in [0.1, 0.15) is 0 Å². The van der Waals surface area contributed by atoms with Crippen LogP contribution in [0.3, 0.4) is 0 Å². The van der Waals surface area contributed by atoms with Crippen molar-refractivity contribution in [3.8, 4) is 0 Å². The maximum absolute atomic E-state index is 13.3. The number of hydrogen-bond acceptors (Lipinski definition) is 3. The van der Waals surface area contributed by atoms with Gasteiger partial charge >= 0.3 is 12.4 Å². The Labute approximate surface area is 211 Å². The molecule has 4 rings (SSSR count). The molecule has 1 saturated carbocycles. The standard InChI is InChI=1S/C27H30F6N2O2/c1-18(19-12-21(26(28,29)30)14-22(13-19)27(31,32)33)37-17-24(20-8-4-2-5-9-20)15-25(34,16-24)23(36)35-10-6-3-7-11-35/h2,4-5,8-9,12-14,18H,3,6-7,10-11,15-17,34H2,1H3/t18-,24-,25+/m1/s1. The Kier molecular flexibility index (Phi) is 7.38. The van der Waals surface area contributed by atoms with Crippen LogP contribution in [-0.2, 0) is 27.3 Å². The first-order valence-electron chi connectivity index (χ1n) is 12.3. The Hall–Kier alpha value is -2.59. The van der Waals surface area contributed by atoms with Gasteiger partial charge in [0, 0.05) is 18.5 Å². The number of benzene rings is 2. The summed E-state index contributed by atoms with van der Waals surface area (Å²) in [6, 6.07) is 10.7. The van der Waals surface area contributed by atoms with Gasteiger partial charge in [-0.3, -0.25) is 4.79 Å². The molecular formula is C27H30F6N2O2. The lowest BCUT2D eigenvalue weighted by molar-refractivity contribution is -0.146. The number of nitrogens with zero attached hydrogens (tertiary/aromatic N) is 1. The number of ether oxygens (including phenoxy) is 1. The van der Waals surface area contributed by atoms with Gasteiger partial charge < -0.3 is 15.4 Å². The van der Waals surface area contributed by atoms with Crippen LogP contribution in [0, 0.1) is 0 Å². The van der Waals surface area contributed by atoms with Gasteiger partial charge in [-0.25, -0.2) is 0 Å². The fraction of sp³-hybridized carbons (Fsp3) is 0.519. The highest BCUT2D eigenvalue weighted by atomic mass is 19.4. The number of likely N-dealkylation sites (tertiary alicyclic amines) is 1. The monoisotopic (exact) mass is 528 g/mol. The van der Waals surface area contributed by atoms with Crippen LogP contribution in [0.4, 0.5) is 26.3 Å². The van der Waals surface area contributed by atoms with Crippen LogP contribution in [0.2, 0.25) is 0 Å². The summed E-state index contributed by atoms with van der Waals surface area (Å²) in [5.41, 5.74) is 2.61. The molecule has 2 aromatic carbocycles. The molecule has 1 amide bonds. The zero-order valence-electron chi connectivity index (χ0n) is 20.5. The lowest BCUT2D eigenvalue weighted by Crippen LogP contribution is -2.69. The summed E-state index contributed by atoms with van der Waals surface area (Å²) in [5.74, 6) is -0.125. The molecule has 2 fully saturated rings. The van der Waals surface area contributed by atoms with Crippen molar-refractivity contribution in [3.05, 3.63) is 70.8 Å². The molecule has 1 saturated heterocycles. The molecule has 0 aromatic heterocycles. The molecule has 37 heavy (non-hydrogen) atoms. The molecule has 2 aromatic rings. The lowest BCUT2D eigenvalue weighted by atomic mass is 9.54. The second-order valence-electron chi connectivity index (χ2n) is 10.3. The number of carbonyl (C=O) groups excluding carboxylic acids is 1. The predicted octanol–water partition coefficient (Wildman–Crippen LogP) is 6.24. The fourth-order valence-electron chi connectivity index (χ4n) is 5.49. The molecule has 4 nitrogen and oxygen atoms in total. The average molecular weight is 529 g/mol. The van der Waals surface area contributed by atoms with Crippen LogP contribution in [-0.4, -0.2) is 36.0 Å². The summed E-state index contributed by atoms with van der Waals surface area (Å²) in [4.78, 5) is 15.0. The van der Waals surface area contributed by atoms with Crippen molar-refractivity contribution in [1.82, 2.24) is 4.90 Å². The van der Waals surface area contributed by atoms with Crippen LogP contribution < -0.4 is 5.73 Å². The summed E-state index contributed by atoms with van der Waals surface area (Å²) < 4.78 is 85.8.